The van der Waals surface area contributed by atoms with Crippen molar-refractivity contribution in [3.05, 3.63) is 11.8 Å². The molecule has 0 aliphatic rings. The standard InChI is InChI=1S/C11H19N3O2/c1-4-9(15)5-6-12-11-13-8(2)7-10(14-11)16-3/h7,9,15H,4-6H2,1-3H3,(H,12,13,14). The van der Waals surface area contributed by atoms with Crippen LogP contribution >= 0.6 is 0 Å². The molecule has 0 amide bonds. The third-order valence-corrected chi connectivity index (χ3v) is 2.27. The molecule has 0 radical (unpaired) electrons. The van der Waals surface area contributed by atoms with E-state index in [9.17, 15) is 5.11 Å². The van der Waals surface area contributed by atoms with Crippen LogP contribution < -0.4 is 10.1 Å². The summed E-state index contributed by atoms with van der Waals surface area (Å²) in [4.78, 5) is 8.37. The van der Waals surface area contributed by atoms with E-state index in [0.29, 0.717) is 24.8 Å². The van der Waals surface area contributed by atoms with Crippen LogP contribution in [0, 0.1) is 6.92 Å². The average Bonchev–Trinajstić information content (AvgIpc) is 2.28. The summed E-state index contributed by atoms with van der Waals surface area (Å²) in [5.41, 5.74) is 0.852. The highest BCUT2D eigenvalue weighted by Crippen LogP contribution is 2.11. The van der Waals surface area contributed by atoms with Gasteiger partial charge in [-0.3, -0.25) is 0 Å². The summed E-state index contributed by atoms with van der Waals surface area (Å²) in [7, 11) is 1.58. The number of aliphatic hydroxyl groups excluding tert-OH is 1. The van der Waals surface area contributed by atoms with Crippen molar-refractivity contribution in [1.29, 1.82) is 0 Å². The molecule has 0 aliphatic heterocycles. The molecule has 0 saturated heterocycles. The number of hydrogen-bond donors (Lipinski definition) is 2. The molecule has 1 unspecified atom stereocenters. The largest absolute Gasteiger partial charge is 0.481 e. The van der Waals surface area contributed by atoms with Crippen LogP contribution in [0.15, 0.2) is 6.07 Å². The normalized spacial score (nSPS) is 12.2. The number of anilines is 1. The minimum absolute atomic E-state index is 0.265. The monoisotopic (exact) mass is 225 g/mol. The third-order valence-electron chi connectivity index (χ3n) is 2.27. The van der Waals surface area contributed by atoms with Crippen molar-refractivity contribution < 1.29 is 9.84 Å². The van der Waals surface area contributed by atoms with Crippen molar-refractivity contribution in [2.24, 2.45) is 0 Å². The Morgan fingerprint density at radius 3 is 2.88 bits per heavy atom. The lowest BCUT2D eigenvalue weighted by Gasteiger charge is -2.09. The summed E-state index contributed by atoms with van der Waals surface area (Å²) in [5, 5.41) is 12.4. The zero-order chi connectivity index (χ0) is 12.0. The molecule has 0 fully saturated rings. The molecule has 0 saturated carbocycles. The topological polar surface area (TPSA) is 67.3 Å². The van der Waals surface area contributed by atoms with Crippen molar-refractivity contribution in [2.45, 2.75) is 32.8 Å². The fraction of sp³-hybridized carbons (Fsp3) is 0.636. The number of aromatic nitrogens is 2. The third kappa shape index (κ3) is 4.02. The molecule has 1 aromatic heterocycles. The number of ether oxygens (including phenoxy) is 1. The minimum atomic E-state index is -0.265. The van der Waals surface area contributed by atoms with Gasteiger partial charge in [-0.1, -0.05) is 6.92 Å². The summed E-state index contributed by atoms with van der Waals surface area (Å²) in [5.74, 6) is 1.09. The molecule has 0 aliphatic carbocycles. The lowest BCUT2D eigenvalue weighted by atomic mass is 10.2. The maximum atomic E-state index is 9.39. The van der Waals surface area contributed by atoms with Crippen LogP contribution in [0.1, 0.15) is 25.5 Å². The molecule has 2 N–H and O–H groups in total. The molecule has 1 aromatic rings. The number of hydrogen-bond acceptors (Lipinski definition) is 5. The molecule has 0 aromatic carbocycles. The first kappa shape index (κ1) is 12.7. The highest BCUT2D eigenvalue weighted by Gasteiger charge is 2.03. The number of nitrogens with zero attached hydrogens (tertiary/aromatic N) is 2. The Morgan fingerprint density at radius 2 is 2.25 bits per heavy atom. The van der Waals surface area contributed by atoms with Crippen LogP contribution in [0.3, 0.4) is 0 Å². The van der Waals surface area contributed by atoms with Crippen molar-refractivity contribution in [2.75, 3.05) is 19.0 Å². The summed E-state index contributed by atoms with van der Waals surface area (Å²) in [6.07, 6.45) is 1.19. The van der Waals surface area contributed by atoms with Crippen LogP contribution in [-0.2, 0) is 0 Å². The second kappa shape index (κ2) is 6.27. The van der Waals surface area contributed by atoms with Gasteiger partial charge >= 0.3 is 0 Å². The molecule has 0 bridgehead atoms. The van der Waals surface area contributed by atoms with E-state index in [2.05, 4.69) is 15.3 Å². The lowest BCUT2D eigenvalue weighted by molar-refractivity contribution is 0.164. The summed E-state index contributed by atoms with van der Waals surface area (Å²) >= 11 is 0. The fourth-order valence-corrected chi connectivity index (χ4v) is 1.28. The van der Waals surface area contributed by atoms with Crippen molar-refractivity contribution in [3.63, 3.8) is 0 Å². The Balaban J connectivity index is 2.50. The zero-order valence-corrected chi connectivity index (χ0v) is 10.0. The molecule has 0 spiro atoms. The Bertz CT molecular complexity index is 331. The SMILES string of the molecule is CCC(O)CCNc1nc(C)cc(OC)n1. The van der Waals surface area contributed by atoms with E-state index in [4.69, 9.17) is 4.74 Å². The van der Waals surface area contributed by atoms with Crippen molar-refractivity contribution in [3.8, 4) is 5.88 Å². The fourth-order valence-electron chi connectivity index (χ4n) is 1.28. The van der Waals surface area contributed by atoms with Crippen LogP contribution in [0.25, 0.3) is 0 Å². The van der Waals surface area contributed by atoms with E-state index >= 15 is 0 Å². The number of aryl methyl sites for hydroxylation is 1. The zero-order valence-electron chi connectivity index (χ0n) is 10.0. The second-order valence-corrected chi connectivity index (χ2v) is 3.65. The van der Waals surface area contributed by atoms with Gasteiger partial charge in [0.15, 0.2) is 0 Å². The smallest absolute Gasteiger partial charge is 0.226 e. The first-order chi connectivity index (χ1) is 7.65. The van der Waals surface area contributed by atoms with Gasteiger partial charge in [0, 0.05) is 18.3 Å². The maximum absolute atomic E-state index is 9.39. The number of nitrogens with one attached hydrogen (secondary N) is 1. The Kier molecular flexibility index (Phi) is 4.98. The molecule has 1 heterocycles. The molecule has 90 valence electrons. The first-order valence-electron chi connectivity index (χ1n) is 5.47. The van der Waals surface area contributed by atoms with E-state index in [1.54, 1.807) is 13.2 Å². The van der Waals surface area contributed by atoms with Gasteiger partial charge in [-0.2, -0.15) is 4.98 Å². The van der Waals surface area contributed by atoms with Gasteiger partial charge in [-0.05, 0) is 19.8 Å². The summed E-state index contributed by atoms with van der Waals surface area (Å²) in [6, 6.07) is 1.77. The Labute approximate surface area is 95.9 Å². The van der Waals surface area contributed by atoms with E-state index < -0.39 is 0 Å². The molecular formula is C11H19N3O2. The van der Waals surface area contributed by atoms with Gasteiger partial charge in [0.25, 0.3) is 0 Å². The maximum Gasteiger partial charge on any atom is 0.226 e. The first-order valence-corrected chi connectivity index (χ1v) is 5.47. The van der Waals surface area contributed by atoms with Crippen LogP contribution in [0.2, 0.25) is 0 Å². The highest BCUT2D eigenvalue weighted by molar-refractivity contribution is 5.30. The number of aliphatic hydroxyl groups is 1. The van der Waals surface area contributed by atoms with Gasteiger partial charge in [0.2, 0.25) is 11.8 Å². The molecular weight excluding hydrogens is 206 g/mol. The molecule has 5 nitrogen and oxygen atoms in total. The summed E-state index contributed by atoms with van der Waals surface area (Å²) in [6.45, 7) is 4.49. The molecule has 16 heavy (non-hydrogen) atoms. The van der Waals surface area contributed by atoms with Gasteiger partial charge < -0.3 is 15.2 Å². The van der Waals surface area contributed by atoms with Gasteiger partial charge in [0.1, 0.15) is 0 Å². The lowest BCUT2D eigenvalue weighted by Crippen LogP contribution is -2.14. The van der Waals surface area contributed by atoms with E-state index in [1.165, 1.54) is 0 Å². The molecule has 1 atom stereocenters. The number of rotatable bonds is 6. The van der Waals surface area contributed by atoms with Crippen LogP contribution in [-0.4, -0.2) is 34.8 Å². The quantitative estimate of drug-likeness (QED) is 0.765. The van der Waals surface area contributed by atoms with Crippen LogP contribution in [0.5, 0.6) is 5.88 Å². The van der Waals surface area contributed by atoms with E-state index in [-0.39, 0.29) is 6.10 Å². The van der Waals surface area contributed by atoms with E-state index in [0.717, 1.165) is 12.1 Å². The van der Waals surface area contributed by atoms with Gasteiger partial charge in [-0.15, -0.1) is 0 Å². The number of methoxy groups -OCH3 is 1. The van der Waals surface area contributed by atoms with Crippen LogP contribution in [0.4, 0.5) is 5.95 Å². The Morgan fingerprint density at radius 1 is 1.50 bits per heavy atom. The second-order valence-electron chi connectivity index (χ2n) is 3.65. The van der Waals surface area contributed by atoms with Gasteiger partial charge in [0.05, 0.1) is 13.2 Å². The average molecular weight is 225 g/mol. The molecule has 1 rings (SSSR count). The molecule has 5 heteroatoms. The van der Waals surface area contributed by atoms with Crippen molar-refractivity contribution in [1.82, 2.24) is 9.97 Å². The van der Waals surface area contributed by atoms with Crippen molar-refractivity contribution >= 4 is 5.95 Å². The predicted octanol–water partition coefficient (Wildman–Crippen LogP) is 1.37. The highest BCUT2D eigenvalue weighted by atomic mass is 16.5. The summed E-state index contributed by atoms with van der Waals surface area (Å²) < 4.78 is 5.04. The Hall–Kier alpha value is -1.36. The predicted molar refractivity (Wildman–Crippen MR) is 62.7 cm³/mol. The van der Waals surface area contributed by atoms with E-state index in [1.807, 2.05) is 13.8 Å². The minimum Gasteiger partial charge on any atom is -0.481 e. The van der Waals surface area contributed by atoms with Gasteiger partial charge in [-0.25, -0.2) is 4.98 Å².